The molecule has 136 valence electrons. The van der Waals surface area contributed by atoms with Crippen molar-refractivity contribution >= 4 is 23.2 Å². The van der Waals surface area contributed by atoms with Gasteiger partial charge in [0.2, 0.25) is 11.6 Å². The Kier molecular flexibility index (Phi) is 5.03. The highest BCUT2D eigenvalue weighted by Crippen LogP contribution is 2.30. The summed E-state index contributed by atoms with van der Waals surface area (Å²) in [4.78, 5) is 25.0. The fraction of sp³-hybridized carbons (Fsp3) is 0.0909. The molecule has 0 radical (unpaired) electrons. The number of benzene rings is 2. The van der Waals surface area contributed by atoms with Crippen molar-refractivity contribution in [2.75, 3.05) is 0 Å². The Morgan fingerprint density at radius 1 is 0.852 bits per heavy atom. The fourth-order valence-electron chi connectivity index (χ4n) is 2.78. The van der Waals surface area contributed by atoms with E-state index in [-0.39, 0.29) is 11.1 Å². The molecule has 0 aliphatic heterocycles. The van der Waals surface area contributed by atoms with Crippen LogP contribution in [0.25, 0.3) is 11.6 Å². The van der Waals surface area contributed by atoms with Crippen LogP contribution in [-0.2, 0) is 16.0 Å². The maximum Gasteiger partial charge on any atom is 0.232 e. The number of Topliss-reactive ketones (excluding diaryl/α,β-unsaturated/α-hetero) is 2. The Morgan fingerprint density at radius 3 is 2.07 bits per heavy atom. The molecule has 0 unspecified atom stereocenters. The van der Waals surface area contributed by atoms with E-state index in [1.165, 1.54) is 36.4 Å². The summed E-state index contributed by atoms with van der Waals surface area (Å²) in [6.45, 7) is 1.98. The van der Waals surface area contributed by atoms with Gasteiger partial charge in [0, 0.05) is 0 Å². The summed E-state index contributed by atoms with van der Waals surface area (Å²) >= 11 is 0. The SMILES string of the molecule is CCc1ccc(C2=C(O)C(=O)C(/C=C/c3ccc(F)cc3)=C(O)C2=O)cc1. The van der Waals surface area contributed by atoms with Gasteiger partial charge >= 0.3 is 0 Å². The van der Waals surface area contributed by atoms with Crippen molar-refractivity contribution < 1.29 is 24.2 Å². The third-order valence-electron chi connectivity index (χ3n) is 4.36. The molecule has 0 heterocycles. The predicted molar refractivity (Wildman–Crippen MR) is 100 cm³/mol. The van der Waals surface area contributed by atoms with Crippen LogP contribution in [0.4, 0.5) is 4.39 Å². The molecule has 5 heteroatoms. The van der Waals surface area contributed by atoms with Gasteiger partial charge in [-0.3, -0.25) is 9.59 Å². The van der Waals surface area contributed by atoms with E-state index in [2.05, 4.69) is 0 Å². The molecule has 27 heavy (non-hydrogen) atoms. The smallest absolute Gasteiger partial charge is 0.232 e. The van der Waals surface area contributed by atoms with E-state index in [1.54, 1.807) is 24.3 Å². The van der Waals surface area contributed by atoms with Gasteiger partial charge in [0.25, 0.3) is 0 Å². The Hall–Kier alpha value is -3.47. The number of hydrogen-bond donors (Lipinski definition) is 2. The second kappa shape index (κ2) is 7.41. The van der Waals surface area contributed by atoms with Crippen molar-refractivity contribution in [2.45, 2.75) is 13.3 Å². The topological polar surface area (TPSA) is 74.6 Å². The zero-order valence-electron chi connectivity index (χ0n) is 14.6. The lowest BCUT2D eigenvalue weighted by molar-refractivity contribution is -0.118. The summed E-state index contributed by atoms with van der Waals surface area (Å²) in [7, 11) is 0. The summed E-state index contributed by atoms with van der Waals surface area (Å²) in [5.74, 6) is -3.51. The third kappa shape index (κ3) is 3.58. The quantitative estimate of drug-likeness (QED) is 0.792. The number of ketones is 2. The highest BCUT2D eigenvalue weighted by atomic mass is 19.1. The summed E-state index contributed by atoms with van der Waals surface area (Å²) in [6, 6.07) is 12.3. The highest BCUT2D eigenvalue weighted by molar-refractivity contribution is 6.38. The van der Waals surface area contributed by atoms with Crippen LogP contribution in [0.5, 0.6) is 0 Å². The molecule has 2 N–H and O–H groups in total. The van der Waals surface area contributed by atoms with E-state index in [1.807, 2.05) is 6.92 Å². The van der Waals surface area contributed by atoms with Gasteiger partial charge in [-0.05, 0) is 41.3 Å². The molecule has 0 fully saturated rings. The molecule has 0 amide bonds. The summed E-state index contributed by atoms with van der Waals surface area (Å²) in [5.41, 5.74) is 1.43. The van der Waals surface area contributed by atoms with Gasteiger partial charge in [0.05, 0.1) is 11.1 Å². The number of aryl methyl sites for hydroxylation is 1. The lowest BCUT2D eigenvalue weighted by Crippen LogP contribution is -2.22. The number of rotatable bonds is 4. The molecule has 1 aliphatic rings. The van der Waals surface area contributed by atoms with Crippen molar-refractivity contribution in [3.63, 3.8) is 0 Å². The van der Waals surface area contributed by atoms with Gasteiger partial charge in [-0.15, -0.1) is 0 Å². The van der Waals surface area contributed by atoms with Crippen molar-refractivity contribution in [1.29, 1.82) is 0 Å². The van der Waals surface area contributed by atoms with Gasteiger partial charge in [-0.25, -0.2) is 4.39 Å². The maximum atomic E-state index is 12.9. The number of allylic oxidation sites excluding steroid dienone is 3. The van der Waals surface area contributed by atoms with Crippen LogP contribution >= 0.6 is 0 Å². The summed E-state index contributed by atoms with van der Waals surface area (Å²) in [6.07, 6.45) is 3.49. The van der Waals surface area contributed by atoms with Gasteiger partial charge in [0.15, 0.2) is 11.5 Å². The van der Waals surface area contributed by atoms with Crippen LogP contribution in [0.2, 0.25) is 0 Å². The van der Waals surface area contributed by atoms with Gasteiger partial charge in [-0.2, -0.15) is 0 Å². The fourth-order valence-corrected chi connectivity index (χ4v) is 2.78. The third-order valence-corrected chi connectivity index (χ3v) is 4.36. The average Bonchev–Trinajstić information content (AvgIpc) is 2.68. The summed E-state index contributed by atoms with van der Waals surface area (Å²) in [5, 5.41) is 20.5. The minimum atomic E-state index is -0.847. The van der Waals surface area contributed by atoms with Gasteiger partial charge in [0.1, 0.15) is 5.82 Å². The molecule has 0 aromatic heterocycles. The van der Waals surface area contributed by atoms with E-state index in [0.717, 1.165) is 12.0 Å². The second-order valence-electron chi connectivity index (χ2n) is 6.08. The summed E-state index contributed by atoms with van der Waals surface area (Å²) < 4.78 is 12.9. The zero-order valence-corrected chi connectivity index (χ0v) is 14.6. The normalized spacial score (nSPS) is 15.2. The van der Waals surface area contributed by atoms with Gasteiger partial charge in [-0.1, -0.05) is 49.4 Å². The van der Waals surface area contributed by atoms with E-state index < -0.39 is 28.9 Å². The van der Waals surface area contributed by atoms with Crippen LogP contribution in [0.3, 0.4) is 0 Å². The van der Waals surface area contributed by atoms with Crippen LogP contribution in [0, 0.1) is 5.82 Å². The molecule has 2 aromatic rings. The standard InChI is InChI=1S/C22H17FO4/c1-2-13-3-8-15(9-4-13)18-21(26)19(24)17(20(25)22(18)27)12-7-14-5-10-16(23)11-6-14/h3-12,24,27H,2H2,1H3/b12-7+. The predicted octanol–water partition coefficient (Wildman–Crippen LogP) is 4.33. The van der Waals surface area contributed by atoms with Crippen LogP contribution in [0.1, 0.15) is 23.6 Å². The van der Waals surface area contributed by atoms with E-state index in [0.29, 0.717) is 11.1 Å². The maximum absolute atomic E-state index is 12.9. The Labute approximate surface area is 155 Å². The zero-order chi connectivity index (χ0) is 19.6. The number of aliphatic hydroxyl groups is 2. The Balaban J connectivity index is 1.95. The number of halogens is 1. The number of carbonyl (C=O) groups is 2. The van der Waals surface area contributed by atoms with Crippen molar-refractivity contribution in [3.8, 4) is 0 Å². The lowest BCUT2D eigenvalue weighted by Gasteiger charge is -2.16. The lowest BCUT2D eigenvalue weighted by atomic mass is 9.88. The molecule has 2 aromatic carbocycles. The molecule has 0 spiro atoms. The number of aliphatic hydroxyl groups excluding tert-OH is 2. The van der Waals surface area contributed by atoms with Crippen molar-refractivity contribution in [2.24, 2.45) is 0 Å². The number of carbonyl (C=O) groups excluding carboxylic acids is 2. The van der Waals surface area contributed by atoms with Crippen molar-refractivity contribution in [3.05, 3.63) is 94.2 Å². The Morgan fingerprint density at radius 2 is 1.48 bits per heavy atom. The Bertz CT molecular complexity index is 994. The molecule has 0 saturated carbocycles. The van der Waals surface area contributed by atoms with Crippen LogP contribution in [-0.4, -0.2) is 21.8 Å². The first-order valence-corrected chi connectivity index (χ1v) is 8.41. The molecule has 1 aliphatic carbocycles. The van der Waals surface area contributed by atoms with Crippen LogP contribution < -0.4 is 0 Å². The van der Waals surface area contributed by atoms with E-state index in [9.17, 15) is 24.2 Å². The molecule has 0 atom stereocenters. The molecule has 0 saturated heterocycles. The first kappa shape index (κ1) is 18.3. The molecule has 3 rings (SSSR count). The van der Waals surface area contributed by atoms with Gasteiger partial charge < -0.3 is 10.2 Å². The highest BCUT2D eigenvalue weighted by Gasteiger charge is 2.34. The molecule has 0 bridgehead atoms. The minimum absolute atomic E-state index is 0.223. The van der Waals surface area contributed by atoms with Crippen molar-refractivity contribution in [1.82, 2.24) is 0 Å². The average molecular weight is 364 g/mol. The second-order valence-corrected chi connectivity index (χ2v) is 6.08. The largest absolute Gasteiger partial charge is 0.504 e. The first-order valence-electron chi connectivity index (χ1n) is 8.41. The molecule has 4 nitrogen and oxygen atoms in total. The molecular weight excluding hydrogens is 347 g/mol. The van der Waals surface area contributed by atoms with E-state index in [4.69, 9.17) is 0 Å². The number of hydrogen-bond acceptors (Lipinski definition) is 4. The van der Waals surface area contributed by atoms with E-state index >= 15 is 0 Å². The molecular formula is C22H17FO4. The first-order chi connectivity index (χ1) is 12.9. The monoisotopic (exact) mass is 364 g/mol. The van der Waals surface area contributed by atoms with Crippen LogP contribution in [0.15, 0.2) is 71.7 Å². The minimum Gasteiger partial charge on any atom is -0.504 e.